The average Bonchev–Trinajstić information content (AvgIpc) is 2.28. The Morgan fingerprint density at radius 2 is 2.24 bits per heavy atom. The number of nitrogens with two attached hydrogens (primary N) is 1. The Morgan fingerprint density at radius 1 is 1.59 bits per heavy atom. The van der Waals surface area contributed by atoms with Gasteiger partial charge in [-0.1, -0.05) is 0 Å². The molecule has 2 unspecified atom stereocenters. The zero-order valence-electron chi connectivity index (χ0n) is 10.3. The number of nitrogens with zero attached hydrogens (tertiary/aromatic N) is 1. The molecular weight excluding hydrogens is 244 g/mol. The second kappa shape index (κ2) is 5.79. The van der Waals surface area contributed by atoms with Crippen molar-refractivity contribution in [3.8, 4) is 0 Å². The molecule has 0 amide bonds. The van der Waals surface area contributed by atoms with Crippen LogP contribution in [0, 0.1) is 5.92 Å². The van der Waals surface area contributed by atoms with Crippen LogP contribution in [0.15, 0.2) is 0 Å². The van der Waals surface area contributed by atoms with Crippen LogP contribution in [0.1, 0.15) is 19.8 Å². The van der Waals surface area contributed by atoms with E-state index in [9.17, 15) is 13.2 Å². The molecule has 0 bridgehead atoms. The van der Waals surface area contributed by atoms with E-state index in [4.69, 9.17) is 5.73 Å². The predicted octanol–water partition coefficient (Wildman–Crippen LogP) is -0.452. The first kappa shape index (κ1) is 14.4. The van der Waals surface area contributed by atoms with Crippen LogP contribution in [0.3, 0.4) is 0 Å². The number of sulfonamides is 1. The molecule has 17 heavy (non-hydrogen) atoms. The Morgan fingerprint density at radius 3 is 2.76 bits per heavy atom. The standard InChI is InChI=1S/C10H20N2O4S/c1-8(11)9-4-3-5-12(6-9)17(14,15)7-10(13)16-2/h8-9H,3-7,11H2,1-2H3. The van der Waals surface area contributed by atoms with Crippen LogP contribution in [-0.4, -0.2) is 50.7 Å². The summed E-state index contributed by atoms with van der Waals surface area (Å²) in [4.78, 5) is 11.0. The maximum Gasteiger partial charge on any atom is 0.322 e. The van der Waals surface area contributed by atoms with Crippen molar-refractivity contribution < 1.29 is 17.9 Å². The maximum atomic E-state index is 11.9. The fourth-order valence-corrected chi connectivity index (χ4v) is 3.38. The minimum absolute atomic E-state index is 0.0360. The fourth-order valence-electron chi connectivity index (χ4n) is 1.95. The highest BCUT2D eigenvalue weighted by Crippen LogP contribution is 2.21. The van der Waals surface area contributed by atoms with E-state index in [1.54, 1.807) is 0 Å². The van der Waals surface area contributed by atoms with Gasteiger partial charge in [-0.25, -0.2) is 12.7 Å². The number of carbonyl (C=O) groups excluding carboxylic acids is 1. The van der Waals surface area contributed by atoms with Crippen molar-refractivity contribution in [1.82, 2.24) is 4.31 Å². The molecule has 0 aromatic heterocycles. The second-order valence-electron chi connectivity index (χ2n) is 4.45. The van der Waals surface area contributed by atoms with Crippen LogP contribution in [0.2, 0.25) is 0 Å². The molecule has 0 saturated carbocycles. The highest BCUT2D eigenvalue weighted by molar-refractivity contribution is 7.89. The van der Waals surface area contributed by atoms with Crippen LogP contribution in [0.4, 0.5) is 0 Å². The van der Waals surface area contributed by atoms with Gasteiger partial charge in [-0.15, -0.1) is 0 Å². The average molecular weight is 264 g/mol. The summed E-state index contributed by atoms with van der Waals surface area (Å²) < 4.78 is 29.5. The van der Waals surface area contributed by atoms with Crippen molar-refractivity contribution in [3.63, 3.8) is 0 Å². The third-order valence-corrected chi connectivity index (χ3v) is 4.80. The summed E-state index contributed by atoms with van der Waals surface area (Å²) in [6.45, 7) is 2.74. The predicted molar refractivity (Wildman–Crippen MR) is 63.7 cm³/mol. The van der Waals surface area contributed by atoms with Gasteiger partial charge in [0.05, 0.1) is 7.11 Å². The lowest BCUT2D eigenvalue weighted by atomic mass is 9.93. The minimum atomic E-state index is -3.56. The van der Waals surface area contributed by atoms with Crippen LogP contribution in [-0.2, 0) is 19.6 Å². The quantitative estimate of drug-likeness (QED) is 0.694. The second-order valence-corrected chi connectivity index (χ2v) is 6.42. The minimum Gasteiger partial charge on any atom is -0.468 e. The third kappa shape index (κ3) is 3.93. The number of rotatable bonds is 4. The molecule has 1 saturated heterocycles. The Kier molecular flexibility index (Phi) is 4.91. The van der Waals surface area contributed by atoms with E-state index in [-0.39, 0.29) is 12.0 Å². The molecule has 6 nitrogen and oxygen atoms in total. The monoisotopic (exact) mass is 264 g/mol. The molecule has 1 rings (SSSR count). The summed E-state index contributed by atoms with van der Waals surface area (Å²) in [6, 6.07) is -0.0360. The third-order valence-electron chi connectivity index (χ3n) is 3.09. The number of hydrogen-bond acceptors (Lipinski definition) is 5. The molecule has 1 aliphatic heterocycles. The molecule has 7 heteroatoms. The highest BCUT2D eigenvalue weighted by Gasteiger charge is 2.31. The first-order valence-corrected chi connectivity index (χ1v) is 7.28. The van der Waals surface area contributed by atoms with E-state index in [0.29, 0.717) is 13.1 Å². The maximum absolute atomic E-state index is 11.9. The summed E-state index contributed by atoms with van der Waals surface area (Å²) >= 11 is 0. The Balaban J connectivity index is 2.68. The van der Waals surface area contributed by atoms with Gasteiger partial charge in [0.2, 0.25) is 10.0 Å². The van der Waals surface area contributed by atoms with E-state index in [2.05, 4.69) is 4.74 Å². The van der Waals surface area contributed by atoms with E-state index in [0.717, 1.165) is 12.8 Å². The van der Waals surface area contributed by atoms with Gasteiger partial charge in [-0.2, -0.15) is 0 Å². The lowest BCUT2D eigenvalue weighted by Gasteiger charge is -2.33. The van der Waals surface area contributed by atoms with Crippen LogP contribution in [0.25, 0.3) is 0 Å². The molecule has 1 fully saturated rings. The molecule has 2 atom stereocenters. The zero-order chi connectivity index (χ0) is 13.1. The SMILES string of the molecule is COC(=O)CS(=O)(=O)N1CCCC(C(C)N)C1. The largest absolute Gasteiger partial charge is 0.468 e. The van der Waals surface area contributed by atoms with Gasteiger partial charge in [-0.3, -0.25) is 4.79 Å². The summed E-state index contributed by atoms with van der Waals surface area (Å²) in [5.74, 6) is -1.15. The van der Waals surface area contributed by atoms with E-state index >= 15 is 0 Å². The van der Waals surface area contributed by atoms with Gasteiger partial charge in [0.15, 0.2) is 5.75 Å². The van der Waals surface area contributed by atoms with Crippen molar-refractivity contribution in [2.45, 2.75) is 25.8 Å². The number of piperidine rings is 1. The highest BCUT2D eigenvalue weighted by atomic mass is 32.2. The van der Waals surface area contributed by atoms with Crippen LogP contribution in [0.5, 0.6) is 0 Å². The zero-order valence-corrected chi connectivity index (χ0v) is 11.1. The number of ether oxygens (including phenoxy) is 1. The smallest absolute Gasteiger partial charge is 0.322 e. The normalized spacial score (nSPS) is 24.3. The van der Waals surface area contributed by atoms with Gasteiger partial charge in [0.25, 0.3) is 0 Å². The molecule has 0 aromatic rings. The first-order valence-electron chi connectivity index (χ1n) is 5.67. The summed E-state index contributed by atoms with van der Waals surface area (Å²) in [6.07, 6.45) is 1.72. The fraction of sp³-hybridized carbons (Fsp3) is 0.900. The first-order chi connectivity index (χ1) is 7.86. The van der Waals surface area contributed by atoms with E-state index in [1.165, 1.54) is 11.4 Å². The van der Waals surface area contributed by atoms with Crippen molar-refractivity contribution in [1.29, 1.82) is 0 Å². The van der Waals surface area contributed by atoms with Gasteiger partial charge >= 0.3 is 5.97 Å². The molecule has 0 radical (unpaired) electrons. The lowest BCUT2D eigenvalue weighted by molar-refractivity contribution is -0.137. The molecule has 1 aliphatic rings. The van der Waals surface area contributed by atoms with Gasteiger partial charge < -0.3 is 10.5 Å². The van der Waals surface area contributed by atoms with Crippen molar-refractivity contribution in [2.24, 2.45) is 11.7 Å². The molecule has 100 valence electrons. The summed E-state index contributed by atoms with van der Waals surface area (Å²) in [5.41, 5.74) is 5.79. The molecule has 1 heterocycles. The Hall–Kier alpha value is -0.660. The van der Waals surface area contributed by atoms with Crippen LogP contribution >= 0.6 is 0 Å². The molecular formula is C10H20N2O4S. The summed E-state index contributed by atoms with van der Waals surface area (Å²) in [5, 5.41) is 0. The lowest BCUT2D eigenvalue weighted by Crippen LogP contribution is -2.46. The van der Waals surface area contributed by atoms with Crippen molar-refractivity contribution in [2.75, 3.05) is 26.0 Å². The molecule has 0 spiro atoms. The van der Waals surface area contributed by atoms with E-state index < -0.39 is 21.7 Å². The Bertz CT molecular complexity index is 367. The topological polar surface area (TPSA) is 89.7 Å². The number of hydrogen-bond donors (Lipinski definition) is 1. The van der Waals surface area contributed by atoms with E-state index in [1.807, 2.05) is 6.92 Å². The Labute approximate surface area is 102 Å². The number of carbonyl (C=O) groups is 1. The van der Waals surface area contributed by atoms with Crippen molar-refractivity contribution >= 4 is 16.0 Å². The van der Waals surface area contributed by atoms with Crippen molar-refractivity contribution in [3.05, 3.63) is 0 Å². The molecule has 0 aliphatic carbocycles. The number of methoxy groups -OCH3 is 1. The van der Waals surface area contributed by atoms with Crippen LogP contribution < -0.4 is 5.73 Å². The molecule has 0 aromatic carbocycles. The summed E-state index contributed by atoms with van der Waals surface area (Å²) in [7, 11) is -2.38. The number of esters is 1. The van der Waals surface area contributed by atoms with Gasteiger partial charge in [-0.05, 0) is 25.7 Å². The van der Waals surface area contributed by atoms with Gasteiger partial charge in [0, 0.05) is 19.1 Å². The van der Waals surface area contributed by atoms with Gasteiger partial charge in [0.1, 0.15) is 0 Å². The molecule has 2 N–H and O–H groups in total.